The summed E-state index contributed by atoms with van der Waals surface area (Å²) in [5.41, 5.74) is 0. The molecule has 0 rings (SSSR count). The summed E-state index contributed by atoms with van der Waals surface area (Å²) < 4.78 is 0. The van der Waals surface area contributed by atoms with Crippen LogP contribution in [0.15, 0.2) is 0 Å². The highest BCUT2D eigenvalue weighted by atomic mass is 14.1. The van der Waals surface area contributed by atoms with E-state index < -0.39 is 0 Å². The van der Waals surface area contributed by atoms with Crippen LogP contribution in [0, 0.1) is 17.8 Å². The van der Waals surface area contributed by atoms with Gasteiger partial charge in [0.1, 0.15) is 0 Å². The predicted octanol–water partition coefficient (Wildman–Crippen LogP) is 4.74. The fourth-order valence-corrected chi connectivity index (χ4v) is 0.471. The molecule has 0 fully saturated rings. The van der Waals surface area contributed by atoms with E-state index >= 15 is 0 Å². The monoisotopic (exact) mass is 172 g/mol. The van der Waals surface area contributed by atoms with Crippen molar-refractivity contribution in [3.63, 3.8) is 0 Å². The second-order valence-electron chi connectivity index (χ2n) is 4.43. The van der Waals surface area contributed by atoms with Crippen molar-refractivity contribution in [1.29, 1.82) is 0 Å². The lowest BCUT2D eigenvalue weighted by Crippen LogP contribution is -2.00. The van der Waals surface area contributed by atoms with Crippen LogP contribution in [-0.4, -0.2) is 0 Å². The van der Waals surface area contributed by atoms with E-state index in [0.29, 0.717) is 0 Å². The molecule has 76 valence electrons. The van der Waals surface area contributed by atoms with Crippen LogP contribution in [0.3, 0.4) is 0 Å². The fraction of sp³-hybridized carbons (Fsp3) is 1.00. The molecule has 0 aromatic carbocycles. The van der Waals surface area contributed by atoms with E-state index in [9.17, 15) is 0 Å². The van der Waals surface area contributed by atoms with Crippen LogP contribution in [0.5, 0.6) is 0 Å². The lowest BCUT2D eigenvalue weighted by molar-refractivity contribution is 0.407. The Labute approximate surface area is 79.8 Å². The molecule has 0 nitrogen and oxygen atoms in total. The summed E-state index contributed by atoms with van der Waals surface area (Å²) >= 11 is 0. The molecule has 0 bridgehead atoms. The number of hydrogen-bond donors (Lipinski definition) is 0. The summed E-state index contributed by atoms with van der Waals surface area (Å²) in [7, 11) is 0. The van der Waals surface area contributed by atoms with Gasteiger partial charge in [-0.3, -0.25) is 0 Å². The van der Waals surface area contributed by atoms with Crippen LogP contribution < -0.4 is 0 Å². The SMILES string of the molecule is CCC(C)C.CC[C@H](C)C(C)C. The molecule has 0 saturated heterocycles. The minimum absolute atomic E-state index is 0.866. The molecule has 0 aromatic rings. The smallest absolute Gasteiger partial charge is 0.0422 e. The molecule has 0 saturated carbocycles. The van der Waals surface area contributed by atoms with Crippen LogP contribution >= 0.6 is 0 Å². The second kappa shape index (κ2) is 9.09. The fourth-order valence-electron chi connectivity index (χ4n) is 0.471. The summed E-state index contributed by atoms with van der Waals surface area (Å²) in [5, 5.41) is 0. The quantitative estimate of drug-likeness (QED) is 0.577. The highest BCUT2D eigenvalue weighted by molar-refractivity contribution is 4.52. The largest absolute Gasteiger partial charge is 0.0651 e. The molecule has 0 aliphatic carbocycles. The summed E-state index contributed by atoms with van der Waals surface area (Å²) in [6.07, 6.45) is 2.62. The first kappa shape index (κ1) is 14.5. The van der Waals surface area contributed by atoms with Crippen molar-refractivity contribution < 1.29 is 0 Å². The molecule has 1 atom stereocenters. The zero-order chi connectivity index (χ0) is 10.1. The first-order valence-corrected chi connectivity index (χ1v) is 5.45. The zero-order valence-electron chi connectivity index (χ0n) is 10.1. The van der Waals surface area contributed by atoms with E-state index in [1.54, 1.807) is 0 Å². The highest BCUT2D eigenvalue weighted by Crippen LogP contribution is 2.11. The van der Waals surface area contributed by atoms with Gasteiger partial charge in [-0.2, -0.15) is 0 Å². The Morgan fingerprint density at radius 2 is 1.08 bits per heavy atom. The Hall–Kier alpha value is 0. The Balaban J connectivity index is 0. The van der Waals surface area contributed by atoms with E-state index in [-0.39, 0.29) is 0 Å². The van der Waals surface area contributed by atoms with Gasteiger partial charge in [-0.1, -0.05) is 61.3 Å². The van der Waals surface area contributed by atoms with Gasteiger partial charge in [-0.05, 0) is 17.8 Å². The third kappa shape index (κ3) is 12.7. The summed E-state index contributed by atoms with van der Waals surface area (Å²) in [6, 6.07) is 0. The Bertz CT molecular complexity index is 72.1. The van der Waals surface area contributed by atoms with Crippen molar-refractivity contribution in [3.05, 3.63) is 0 Å². The van der Waals surface area contributed by atoms with Gasteiger partial charge in [0.05, 0.1) is 0 Å². The topological polar surface area (TPSA) is 0 Å². The molecule has 0 aliphatic heterocycles. The highest BCUT2D eigenvalue weighted by Gasteiger charge is 2.01. The molecule has 0 unspecified atom stereocenters. The lowest BCUT2D eigenvalue weighted by atomic mass is 9.96. The molecule has 0 heterocycles. The molecule has 0 aromatic heterocycles. The lowest BCUT2D eigenvalue weighted by Gasteiger charge is -2.10. The van der Waals surface area contributed by atoms with Crippen LogP contribution in [-0.2, 0) is 0 Å². The molecule has 0 heteroatoms. The molecule has 0 amide bonds. The molecule has 0 N–H and O–H groups in total. The van der Waals surface area contributed by atoms with Crippen LogP contribution in [0.4, 0.5) is 0 Å². The zero-order valence-corrected chi connectivity index (χ0v) is 10.1. The van der Waals surface area contributed by atoms with Crippen LogP contribution in [0.1, 0.15) is 61.3 Å². The molecule has 0 aliphatic rings. The van der Waals surface area contributed by atoms with E-state index in [2.05, 4.69) is 48.5 Å². The van der Waals surface area contributed by atoms with Crippen LogP contribution in [0.25, 0.3) is 0 Å². The van der Waals surface area contributed by atoms with Crippen molar-refractivity contribution in [2.75, 3.05) is 0 Å². The van der Waals surface area contributed by atoms with Gasteiger partial charge in [0.2, 0.25) is 0 Å². The standard InChI is InChI=1S/C7H16.C5H12/c1-5-7(4)6(2)3;1-4-5(2)3/h6-7H,5H2,1-4H3;5H,4H2,1-3H3/t7-;/m0./s1. The van der Waals surface area contributed by atoms with E-state index in [1.807, 2.05) is 0 Å². The van der Waals surface area contributed by atoms with E-state index in [4.69, 9.17) is 0 Å². The number of rotatable bonds is 3. The molecule has 0 radical (unpaired) electrons. The average molecular weight is 172 g/mol. The minimum atomic E-state index is 0.866. The van der Waals surface area contributed by atoms with Crippen molar-refractivity contribution in [2.45, 2.75) is 61.3 Å². The van der Waals surface area contributed by atoms with E-state index in [1.165, 1.54) is 12.8 Å². The van der Waals surface area contributed by atoms with Gasteiger partial charge in [0.15, 0.2) is 0 Å². The van der Waals surface area contributed by atoms with Gasteiger partial charge < -0.3 is 0 Å². The maximum atomic E-state index is 2.30. The normalized spacial score (nSPS) is 12.8. The van der Waals surface area contributed by atoms with Crippen LogP contribution in [0.2, 0.25) is 0 Å². The third-order valence-corrected chi connectivity index (χ3v) is 2.60. The van der Waals surface area contributed by atoms with E-state index in [0.717, 1.165) is 17.8 Å². The van der Waals surface area contributed by atoms with Gasteiger partial charge >= 0.3 is 0 Å². The second-order valence-corrected chi connectivity index (χ2v) is 4.43. The van der Waals surface area contributed by atoms with Gasteiger partial charge in [0, 0.05) is 0 Å². The van der Waals surface area contributed by atoms with Gasteiger partial charge in [-0.25, -0.2) is 0 Å². The summed E-state index contributed by atoms with van der Waals surface area (Å²) in [4.78, 5) is 0. The maximum Gasteiger partial charge on any atom is -0.0422 e. The first-order valence-electron chi connectivity index (χ1n) is 5.45. The average Bonchev–Trinajstić information content (AvgIpc) is 2.04. The Morgan fingerprint density at radius 3 is 1.08 bits per heavy atom. The minimum Gasteiger partial charge on any atom is -0.0651 e. The van der Waals surface area contributed by atoms with Gasteiger partial charge in [0.25, 0.3) is 0 Å². The first-order chi connectivity index (χ1) is 5.45. The summed E-state index contributed by atoms with van der Waals surface area (Å²) in [5.74, 6) is 2.65. The Morgan fingerprint density at radius 1 is 0.750 bits per heavy atom. The van der Waals surface area contributed by atoms with Crippen molar-refractivity contribution in [1.82, 2.24) is 0 Å². The predicted molar refractivity (Wildman–Crippen MR) is 59.4 cm³/mol. The van der Waals surface area contributed by atoms with Crippen molar-refractivity contribution in [3.8, 4) is 0 Å². The maximum absolute atomic E-state index is 2.30. The summed E-state index contributed by atoms with van der Waals surface area (Å²) in [6.45, 7) is 15.7. The molecular formula is C12H28. The van der Waals surface area contributed by atoms with Crippen molar-refractivity contribution >= 4 is 0 Å². The van der Waals surface area contributed by atoms with Crippen molar-refractivity contribution in [2.24, 2.45) is 17.8 Å². The molecule has 0 spiro atoms. The van der Waals surface area contributed by atoms with Gasteiger partial charge in [-0.15, -0.1) is 0 Å². The Kier molecular flexibility index (Phi) is 11.0. The third-order valence-electron chi connectivity index (χ3n) is 2.60. The molecular weight excluding hydrogens is 144 g/mol. The number of hydrogen-bond acceptors (Lipinski definition) is 0. The molecule has 12 heavy (non-hydrogen) atoms.